The van der Waals surface area contributed by atoms with Crippen molar-refractivity contribution in [2.24, 2.45) is 5.92 Å². The molecule has 2 N–H and O–H groups in total. The maximum absolute atomic E-state index is 10.2. The van der Waals surface area contributed by atoms with Crippen molar-refractivity contribution in [1.82, 2.24) is 5.32 Å². The minimum Gasteiger partial charge on any atom is -0.497 e. The number of hydrogen-bond donors (Lipinski definition) is 2. The number of hydrogen-bond acceptors (Lipinski definition) is 3. The predicted molar refractivity (Wildman–Crippen MR) is 68.3 cm³/mol. The van der Waals surface area contributed by atoms with Crippen molar-refractivity contribution in [2.45, 2.75) is 25.4 Å². The van der Waals surface area contributed by atoms with Crippen LogP contribution < -0.4 is 10.1 Å². The average molecular weight is 235 g/mol. The maximum Gasteiger partial charge on any atom is 0.118 e. The van der Waals surface area contributed by atoms with E-state index in [0.29, 0.717) is 5.92 Å². The fourth-order valence-electron chi connectivity index (χ4n) is 2.38. The van der Waals surface area contributed by atoms with Gasteiger partial charge in [-0.3, -0.25) is 0 Å². The summed E-state index contributed by atoms with van der Waals surface area (Å²) in [5, 5.41) is 13.5. The number of methoxy groups -OCH3 is 1. The molecule has 3 heteroatoms. The fraction of sp³-hybridized carbons (Fsp3) is 0.571. The van der Waals surface area contributed by atoms with E-state index < -0.39 is 0 Å². The van der Waals surface area contributed by atoms with E-state index in [-0.39, 0.29) is 6.10 Å². The van der Waals surface area contributed by atoms with Crippen molar-refractivity contribution in [3.8, 4) is 5.75 Å². The van der Waals surface area contributed by atoms with Gasteiger partial charge in [0.15, 0.2) is 0 Å². The number of ether oxygens (including phenoxy) is 1. The Labute approximate surface area is 103 Å². The normalized spacial score (nSPS) is 22.1. The van der Waals surface area contributed by atoms with Crippen LogP contribution in [0.25, 0.3) is 0 Å². The lowest BCUT2D eigenvalue weighted by molar-refractivity contribution is 0.0922. The maximum atomic E-state index is 10.2. The molecule has 0 spiro atoms. The van der Waals surface area contributed by atoms with Gasteiger partial charge in [-0.15, -0.1) is 0 Å². The Morgan fingerprint density at radius 3 is 2.76 bits per heavy atom. The molecule has 0 bridgehead atoms. The zero-order chi connectivity index (χ0) is 12.1. The summed E-state index contributed by atoms with van der Waals surface area (Å²) in [6, 6.07) is 7.94. The van der Waals surface area contributed by atoms with Crippen LogP contribution in [0.15, 0.2) is 24.3 Å². The largest absolute Gasteiger partial charge is 0.497 e. The van der Waals surface area contributed by atoms with Crippen LogP contribution in [0.1, 0.15) is 18.4 Å². The lowest BCUT2D eigenvalue weighted by atomic mass is 9.90. The van der Waals surface area contributed by atoms with Crippen molar-refractivity contribution in [2.75, 3.05) is 20.2 Å². The van der Waals surface area contributed by atoms with E-state index in [1.165, 1.54) is 12.0 Å². The van der Waals surface area contributed by atoms with Crippen LogP contribution in [0.5, 0.6) is 5.75 Å². The molecule has 0 radical (unpaired) electrons. The lowest BCUT2D eigenvalue weighted by Crippen LogP contribution is -2.37. The van der Waals surface area contributed by atoms with Gasteiger partial charge in [-0.2, -0.15) is 0 Å². The van der Waals surface area contributed by atoms with Crippen molar-refractivity contribution >= 4 is 0 Å². The summed E-state index contributed by atoms with van der Waals surface area (Å²) in [5.74, 6) is 1.26. The number of benzene rings is 1. The second kappa shape index (κ2) is 6.03. The molecule has 2 unspecified atom stereocenters. The highest BCUT2D eigenvalue weighted by Crippen LogP contribution is 2.19. The number of aliphatic hydroxyl groups excluding tert-OH is 1. The second-order valence-corrected chi connectivity index (χ2v) is 4.73. The first-order valence-corrected chi connectivity index (χ1v) is 6.31. The van der Waals surface area contributed by atoms with Gasteiger partial charge in [0.1, 0.15) is 5.75 Å². The van der Waals surface area contributed by atoms with E-state index in [1.54, 1.807) is 7.11 Å². The van der Waals surface area contributed by atoms with Crippen LogP contribution in [0.4, 0.5) is 0 Å². The molecule has 1 heterocycles. The molecule has 0 aromatic heterocycles. The molecule has 1 aromatic rings. The quantitative estimate of drug-likeness (QED) is 0.833. The van der Waals surface area contributed by atoms with Crippen molar-refractivity contribution in [3.63, 3.8) is 0 Å². The Morgan fingerprint density at radius 1 is 1.41 bits per heavy atom. The molecule has 1 fully saturated rings. The standard InChI is InChI=1S/C14H21NO2/c1-17-13-6-4-11(5-7-13)9-14(16)12-3-2-8-15-10-12/h4-7,12,14-16H,2-3,8-10H2,1H3. The summed E-state index contributed by atoms with van der Waals surface area (Å²) in [4.78, 5) is 0. The van der Waals surface area contributed by atoms with Gasteiger partial charge in [0.05, 0.1) is 13.2 Å². The molecule has 0 aliphatic carbocycles. The minimum absolute atomic E-state index is 0.240. The molecule has 0 amide bonds. The highest BCUT2D eigenvalue weighted by Gasteiger charge is 2.21. The van der Waals surface area contributed by atoms with E-state index in [2.05, 4.69) is 5.32 Å². The van der Waals surface area contributed by atoms with E-state index in [0.717, 1.165) is 31.7 Å². The van der Waals surface area contributed by atoms with Crippen LogP contribution in [-0.4, -0.2) is 31.4 Å². The number of nitrogens with one attached hydrogen (secondary N) is 1. The summed E-state index contributed by atoms with van der Waals surface area (Å²) in [5.41, 5.74) is 1.17. The molecule has 3 nitrogen and oxygen atoms in total. The van der Waals surface area contributed by atoms with Gasteiger partial charge < -0.3 is 15.2 Å². The highest BCUT2D eigenvalue weighted by atomic mass is 16.5. The van der Waals surface area contributed by atoms with Crippen molar-refractivity contribution < 1.29 is 9.84 Å². The van der Waals surface area contributed by atoms with Gasteiger partial charge in [-0.05, 0) is 49.4 Å². The summed E-state index contributed by atoms with van der Waals surface area (Å²) in [6.45, 7) is 2.03. The fourth-order valence-corrected chi connectivity index (χ4v) is 2.38. The summed E-state index contributed by atoms with van der Waals surface area (Å²) < 4.78 is 5.12. The van der Waals surface area contributed by atoms with Gasteiger partial charge in [0.2, 0.25) is 0 Å². The van der Waals surface area contributed by atoms with E-state index in [1.807, 2.05) is 24.3 Å². The number of piperidine rings is 1. The van der Waals surface area contributed by atoms with Gasteiger partial charge in [-0.1, -0.05) is 12.1 Å². The molecule has 1 aromatic carbocycles. The lowest BCUT2D eigenvalue weighted by Gasteiger charge is -2.27. The van der Waals surface area contributed by atoms with Crippen molar-refractivity contribution in [1.29, 1.82) is 0 Å². The molecule has 1 aliphatic rings. The van der Waals surface area contributed by atoms with Gasteiger partial charge in [0.25, 0.3) is 0 Å². The van der Waals surface area contributed by atoms with Gasteiger partial charge in [0, 0.05) is 6.54 Å². The third-order valence-electron chi connectivity index (χ3n) is 3.48. The average Bonchev–Trinajstić information content (AvgIpc) is 2.40. The Balaban J connectivity index is 1.89. The summed E-state index contributed by atoms with van der Waals surface area (Å²) in [7, 11) is 1.66. The summed E-state index contributed by atoms with van der Waals surface area (Å²) in [6.07, 6.45) is 2.79. The highest BCUT2D eigenvalue weighted by molar-refractivity contribution is 5.27. The molecular formula is C14H21NO2. The predicted octanol–water partition coefficient (Wildman–Crippen LogP) is 1.60. The molecule has 2 atom stereocenters. The zero-order valence-electron chi connectivity index (χ0n) is 10.4. The number of rotatable bonds is 4. The van der Waals surface area contributed by atoms with E-state index in [4.69, 9.17) is 4.74 Å². The molecule has 2 rings (SSSR count). The van der Waals surface area contributed by atoms with E-state index in [9.17, 15) is 5.11 Å². The third-order valence-corrected chi connectivity index (χ3v) is 3.48. The number of aliphatic hydroxyl groups is 1. The van der Waals surface area contributed by atoms with Crippen molar-refractivity contribution in [3.05, 3.63) is 29.8 Å². The Morgan fingerprint density at radius 2 is 2.18 bits per heavy atom. The van der Waals surface area contributed by atoms with Gasteiger partial charge in [-0.25, -0.2) is 0 Å². The molecule has 0 saturated carbocycles. The van der Waals surface area contributed by atoms with E-state index >= 15 is 0 Å². The molecular weight excluding hydrogens is 214 g/mol. The first kappa shape index (κ1) is 12.4. The summed E-state index contributed by atoms with van der Waals surface area (Å²) >= 11 is 0. The SMILES string of the molecule is COc1ccc(CC(O)C2CCCNC2)cc1. The Hall–Kier alpha value is -1.06. The van der Waals surface area contributed by atoms with Crippen LogP contribution in [0.2, 0.25) is 0 Å². The monoisotopic (exact) mass is 235 g/mol. The smallest absolute Gasteiger partial charge is 0.118 e. The molecule has 1 saturated heterocycles. The molecule has 17 heavy (non-hydrogen) atoms. The minimum atomic E-state index is -0.240. The molecule has 94 valence electrons. The zero-order valence-corrected chi connectivity index (χ0v) is 10.4. The topological polar surface area (TPSA) is 41.5 Å². The Bertz CT molecular complexity index is 331. The van der Waals surface area contributed by atoms with Crippen LogP contribution in [-0.2, 0) is 6.42 Å². The second-order valence-electron chi connectivity index (χ2n) is 4.73. The third kappa shape index (κ3) is 3.45. The first-order valence-electron chi connectivity index (χ1n) is 6.31. The molecule has 1 aliphatic heterocycles. The van der Waals surface area contributed by atoms with Crippen LogP contribution in [0.3, 0.4) is 0 Å². The van der Waals surface area contributed by atoms with Gasteiger partial charge >= 0.3 is 0 Å². The first-order chi connectivity index (χ1) is 8.29. The van der Waals surface area contributed by atoms with Crippen LogP contribution >= 0.6 is 0 Å². The van der Waals surface area contributed by atoms with Crippen LogP contribution in [0, 0.1) is 5.92 Å². The Kier molecular flexibility index (Phi) is 4.40.